The number of hydrogen-bond acceptors (Lipinski definition) is 5. The fourth-order valence-corrected chi connectivity index (χ4v) is 4.88. The van der Waals surface area contributed by atoms with Crippen LogP contribution in [0.25, 0.3) is 22.2 Å². The van der Waals surface area contributed by atoms with Crippen LogP contribution in [0.4, 0.5) is 10.5 Å². The largest absolute Gasteiger partial charge is 0.494 e. The van der Waals surface area contributed by atoms with E-state index >= 15 is 0 Å². The Hall–Kier alpha value is -3.48. The smallest absolute Gasteiger partial charge is 0.411 e. The van der Waals surface area contributed by atoms with Crippen LogP contribution in [0.3, 0.4) is 0 Å². The summed E-state index contributed by atoms with van der Waals surface area (Å²) in [6.07, 6.45) is 7.36. The van der Waals surface area contributed by atoms with E-state index in [0.29, 0.717) is 18.6 Å². The SMILES string of the molecule is CCOc1ccc2c(C=NN(C)C)c(-c3ccc(NC(=O)OC(C)C4CC4)cc3)n(C3CCC3)c2c1. The lowest BCUT2D eigenvalue weighted by atomic mass is 9.92. The molecule has 2 saturated carbocycles. The lowest BCUT2D eigenvalue weighted by Gasteiger charge is -2.30. The van der Waals surface area contributed by atoms with E-state index in [9.17, 15) is 4.79 Å². The Morgan fingerprint density at radius 1 is 1.17 bits per heavy atom. The molecule has 2 aliphatic rings. The third-order valence-corrected chi connectivity index (χ3v) is 7.17. The average Bonchev–Trinajstić information content (AvgIpc) is 3.62. The van der Waals surface area contributed by atoms with Crippen LogP contribution in [0.2, 0.25) is 0 Å². The first-order valence-electron chi connectivity index (χ1n) is 13.0. The molecule has 190 valence electrons. The van der Waals surface area contributed by atoms with Gasteiger partial charge in [0.1, 0.15) is 11.9 Å². The summed E-state index contributed by atoms with van der Waals surface area (Å²) in [6, 6.07) is 14.8. The van der Waals surface area contributed by atoms with Crippen LogP contribution in [0, 0.1) is 5.92 Å². The topological polar surface area (TPSA) is 68.1 Å². The van der Waals surface area contributed by atoms with Gasteiger partial charge in [0, 0.05) is 42.8 Å². The highest BCUT2D eigenvalue weighted by atomic mass is 16.6. The normalized spacial score (nSPS) is 16.7. The second-order valence-corrected chi connectivity index (χ2v) is 10.1. The van der Waals surface area contributed by atoms with Gasteiger partial charge in [-0.3, -0.25) is 5.32 Å². The van der Waals surface area contributed by atoms with Crippen molar-refractivity contribution in [2.24, 2.45) is 11.0 Å². The first-order valence-corrected chi connectivity index (χ1v) is 13.0. The van der Waals surface area contributed by atoms with Gasteiger partial charge in [-0.1, -0.05) is 12.1 Å². The number of nitrogens with one attached hydrogen (secondary N) is 1. The summed E-state index contributed by atoms with van der Waals surface area (Å²) < 4.78 is 13.8. The van der Waals surface area contributed by atoms with Crippen LogP contribution < -0.4 is 10.1 Å². The lowest BCUT2D eigenvalue weighted by Crippen LogP contribution is -2.21. The molecule has 1 aromatic heterocycles. The molecule has 1 N–H and O–H groups in total. The molecule has 2 aromatic carbocycles. The fourth-order valence-electron chi connectivity index (χ4n) is 4.88. The number of anilines is 1. The molecule has 0 spiro atoms. The summed E-state index contributed by atoms with van der Waals surface area (Å²) in [5.41, 5.74) is 5.21. The van der Waals surface area contributed by atoms with Crippen molar-refractivity contribution in [3.05, 3.63) is 48.0 Å². The van der Waals surface area contributed by atoms with Crippen molar-refractivity contribution in [2.45, 2.75) is 58.1 Å². The minimum Gasteiger partial charge on any atom is -0.494 e. The van der Waals surface area contributed by atoms with Crippen LogP contribution in [0.1, 0.15) is 57.6 Å². The third-order valence-electron chi connectivity index (χ3n) is 7.17. The highest BCUT2D eigenvalue weighted by molar-refractivity contribution is 6.07. The van der Waals surface area contributed by atoms with Crippen LogP contribution >= 0.6 is 0 Å². The standard InChI is InChI=1S/C29H36N4O3/c1-5-35-24-15-16-25-26(18-30-32(3)4)28(33(27(25)17-24)23-7-6-8-23)21-11-13-22(14-12-21)31-29(34)36-19(2)20-9-10-20/h11-20,23H,5-10H2,1-4H3,(H,31,34). The van der Waals surface area contributed by atoms with Crippen molar-refractivity contribution < 1.29 is 14.3 Å². The molecule has 0 saturated heterocycles. The molecular weight excluding hydrogens is 452 g/mol. The number of hydrazone groups is 1. The molecule has 0 radical (unpaired) electrons. The van der Waals surface area contributed by atoms with Crippen LogP contribution in [-0.4, -0.2) is 48.7 Å². The Morgan fingerprint density at radius 2 is 1.92 bits per heavy atom. The van der Waals surface area contributed by atoms with Crippen LogP contribution in [0.15, 0.2) is 47.6 Å². The van der Waals surface area contributed by atoms with E-state index in [-0.39, 0.29) is 6.10 Å². The molecule has 2 aliphatic carbocycles. The number of ether oxygens (including phenoxy) is 2. The minimum absolute atomic E-state index is 0.0393. The maximum absolute atomic E-state index is 12.3. The van der Waals surface area contributed by atoms with Crippen molar-refractivity contribution in [3.63, 3.8) is 0 Å². The van der Waals surface area contributed by atoms with E-state index < -0.39 is 6.09 Å². The van der Waals surface area contributed by atoms with Gasteiger partial charge >= 0.3 is 6.09 Å². The second kappa shape index (κ2) is 10.2. The van der Waals surface area contributed by atoms with Gasteiger partial charge in [-0.2, -0.15) is 5.10 Å². The molecule has 0 bridgehead atoms. The highest BCUT2D eigenvalue weighted by Crippen LogP contribution is 2.43. The number of carbonyl (C=O) groups is 1. The number of benzene rings is 2. The number of carbonyl (C=O) groups excluding carboxylic acids is 1. The summed E-state index contributed by atoms with van der Waals surface area (Å²) in [4.78, 5) is 12.3. The average molecular weight is 489 g/mol. The zero-order valence-corrected chi connectivity index (χ0v) is 21.7. The van der Waals surface area contributed by atoms with E-state index in [4.69, 9.17) is 9.47 Å². The van der Waals surface area contributed by atoms with Crippen LogP contribution in [-0.2, 0) is 4.74 Å². The molecule has 7 heteroatoms. The predicted molar refractivity (Wildman–Crippen MR) is 145 cm³/mol. The lowest BCUT2D eigenvalue weighted by molar-refractivity contribution is 0.108. The van der Waals surface area contributed by atoms with Gasteiger partial charge < -0.3 is 19.0 Å². The number of aromatic nitrogens is 1. The van der Waals surface area contributed by atoms with E-state index in [2.05, 4.69) is 39.3 Å². The van der Waals surface area contributed by atoms with E-state index in [1.807, 2.05) is 57.4 Å². The predicted octanol–water partition coefficient (Wildman–Crippen LogP) is 6.67. The first kappa shape index (κ1) is 24.2. The fraction of sp³-hybridized carbons (Fsp3) is 0.448. The van der Waals surface area contributed by atoms with Crippen molar-refractivity contribution in [3.8, 4) is 17.0 Å². The third kappa shape index (κ3) is 5.06. The Morgan fingerprint density at radius 3 is 2.53 bits per heavy atom. The van der Waals surface area contributed by atoms with E-state index in [1.54, 1.807) is 0 Å². The van der Waals surface area contributed by atoms with Gasteiger partial charge in [0.2, 0.25) is 0 Å². The summed E-state index contributed by atoms with van der Waals surface area (Å²) in [6.45, 7) is 4.61. The number of nitrogens with zero attached hydrogens (tertiary/aromatic N) is 3. The molecule has 3 aromatic rings. The van der Waals surface area contributed by atoms with Crippen molar-refractivity contribution in [2.75, 3.05) is 26.0 Å². The van der Waals surface area contributed by atoms with Gasteiger partial charge in [0.05, 0.1) is 24.0 Å². The maximum atomic E-state index is 12.3. The molecule has 2 fully saturated rings. The zero-order chi connectivity index (χ0) is 25.2. The van der Waals surface area contributed by atoms with Gasteiger partial charge in [0.15, 0.2) is 0 Å². The van der Waals surface area contributed by atoms with Crippen molar-refractivity contribution in [1.29, 1.82) is 0 Å². The molecular formula is C29H36N4O3. The van der Waals surface area contributed by atoms with Crippen molar-refractivity contribution in [1.82, 2.24) is 9.58 Å². The molecule has 5 rings (SSSR count). The molecule has 1 atom stereocenters. The molecule has 36 heavy (non-hydrogen) atoms. The molecule has 1 amide bonds. The Balaban J connectivity index is 1.53. The zero-order valence-electron chi connectivity index (χ0n) is 21.7. The number of fused-ring (bicyclic) bond motifs is 1. The van der Waals surface area contributed by atoms with Crippen molar-refractivity contribution >= 4 is 28.9 Å². The maximum Gasteiger partial charge on any atom is 0.411 e. The number of rotatable bonds is 9. The number of hydrogen-bond donors (Lipinski definition) is 1. The Bertz CT molecular complexity index is 1250. The Labute approximate surface area is 213 Å². The van der Waals surface area contributed by atoms with Crippen LogP contribution in [0.5, 0.6) is 5.75 Å². The highest BCUT2D eigenvalue weighted by Gasteiger charge is 2.31. The van der Waals surface area contributed by atoms with Gasteiger partial charge in [0.25, 0.3) is 0 Å². The Kier molecular flexibility index (Phi) is 6.90. The number of amides is 1. The molecule has 1 heterocycles. The molecule has 7 nitrogen and oxygen atoms in total. The van der Waals surface area contributed by atoms with Gasteiger partial charge in [-0.05, 0) is 81.7 Å². The summed E-state index contributed by atoms with van der Waals surface area (Å²) in [5.74, 6) is 1.39. The first-order chi connectivity index (χ1) is 17.4. The molecule has 0 aliphatic heterocycles. The minimum atomic E-state index is -0.395. The van der Waals surface area contributed by atoms with Gasteiger partial charge in [-0.25, -0.2) is 4.79 Å². The quantitative estimate of drug-likeness (QED) is 0.270. The summed E-state index contributed by atoms with van der Waals surface area (Å²) >= 11 is 0. The monoisotopic (exact) mass is 488 g/mol. The summed E-state index contributed by atoms with van der Waals surface area (Å²) in [7, 11) is 3.86. The summed E-state index contributed by atoms with van der Waals surface area (Å²) in [5, 5.41) is 10.4. The van der Waals surface area contributed by atoms with E-state index in [0.717, 1.165) is 59.3 Å². The second-order valence-electron chi connectivity index (χ2n) is 10.1. The van der Waals surface area contributed by atoms with E-state index in [1.165, 1.54) is 11.9 Å². The molecule has 1 unspecified atom stereocenters. The van der Waals surface area contributed by atoms with Gasteiger partial charge in [-0.15, -0.1) is 0 Å².